The van der Waals surface area contributed by atoms with Gasteiger partial charge in [-0.05, 0) is 38.5 Å². The van der Waals surface area contributed by atoms with Crippen molar-refractivity contribution in [3.05, 3.63) is 35.4 Å². The third kappa shape index (κ3) is 4.86. The predicted octanol–water partition coefficient (Wildman–Crippen LogP) is 3.59. The molecule has 0 radical (unpaired) electrons. The Morgan fingerprint density at radius 3 is 2.35 bits per heavy atom. The van der Waals surface area contributed by atoms with Crippen LogP contribution < -0.4 is 5.32 Å². The molecule has 0 saturated carbocycles. The number of carbonyl (C=O) groups is 1. The number of benzene rings is 1. The SMILES string of the molecule is CC(C)(C)OC(=O)N1CCN[C@H](c2ccc(C(F)(F)F)cc2)C1. The van der Waals surface area contributed by atoms with Crippen LogP contribution in [0.25, 0.3) is 0 Å². The van der Waals surface area contributed by atoms with Crippen molar-refractivity contribution in [1.82, 2.24) is 10.2 Å². The summed E-state index contributed by atoms with van der Waals surface area (Å²) in [4.78, 5) is 13.7. The maximum Gasteiger partial charge on any atom is 0.416 e. The van der Waals surface area contributed by atoms with Gasteiger partial charge in [0.15, 0.2) is 0 Å². The molecule has 23 heavy (non-hydrogen) atoms. The van der Waals surface area contributed by atoms with E-state index in [4.69, 9.17) is 4.74 Å². The van der Waals surface area contributed by atoms with Crippen LogP contribution in [0.2, 0.25) is 0 Å². The molecule has 0 aromatic heterocycles. The first-order chi connectivity index (χ1) is 10.6. The minimum Gasteiger partial charge on any atom is -0.444 e. The summed E-state index contributed by atoms with van der Waals surface area (Å²) in [6.07, 6.45) is -4.75. The Bertz CT molecular complexity index is 550. The van der Waals surface area contributed by atoms with Crippen LogP contribution in [0.3, 0.4) is 0 Å². The number of hydrogen-bond acceptors (Lipinski definition) is 3. The van der Waals surface area contributed by atoms with E-state index in [-0.39, 0.29) is 6.04 Å². The molecular formula is C16H21F3N2O2. The maximum absolute atomic E-state index is 12.6. The lowest BCUT2D eigenvalue weighted by molar-refractivity contribution is -0.137. The first kappa shape index (κ1) is 17.6. The monoisotopic (exact) mass is 330 g/mol. The average Bonchev–Trinajstić information content (AvgIpc) is 2.45. The number of carbonyl (C=O) groups excluding carboxylic acids is 1. The summed E-state index contributed by atoms with van der Waals surface area (Å²) in [7, 11) is 0. The summed E-state index contributed by atoms with van der Waals surface area (Å²) in [6, 6.07) is 4.80. The molecule has 1 atom stereocenters. The molecule has 1 N–H and O–H groups in total. The van der Waals surface area contributed by atoms with E-state index in [1.165, 1.54) is 12.1 Å². The highest BCUT2D eigenvalue weighted by molar-refractivity contribution is 5.68. The molecule has 4 nitrogen and oxygen atoms in total. The van der Waals surface area contributed by atoms with E-state index >= 15 is 0 Å². The topological polar surface area (TPSA) is 41.6 Å². The molecule has 1 aromatic carbocycles. The highest BCUT2D eigenvalue weighted by Crippen LogP contribution is 2.30. The minimum absolute atomic E-state index is 0.210. The smallest absolute Gasteiger partial charge is 0.416 e. The molecular weight excluding hydrogens is 309 g/mol. The van der Waals surface area contributed by atoms with Gasteiger partial charge in [0, 0.05) is 19.6 Å². The fourth-order valence-corrected chi connectivity index (χ4v) is 2.37. The van der Waals surface area contributed by atoms with E-state index in [0.717, 1.165) is 12.1 Å². The molecule has 7 heteroatoms. The van der Waals surface area contributed by atoms with E-state index in [1.54, 1.807) is 25.7 Å². The van der Waals surface area contributed by atoms with Gasteiger partial charge in [0.25, 0.3) is 0 Å². The van der Waals surface area contributed by atoms with Gasteiger partial charge >= 0.3 is 12.3 Å². The Kier molecular flexibility index (Phi) is 4.89. The van der Waals surface area contributed by atoms with Crippen molar-refractivity contribution in [3.63, 3.8) is 0 Å². The van der Waals surface area contributed by atoms with Gasteiger partial charge in [0.2, 0.25) is 0 Å². The molecule has 128 valence electrons. The lowest BCUT2D eigenvalue weighted by Crippen LogP contribution is -2.49. The fourth-order valence-electron chi connectivity index (χ4n) is 2.37. The van der Waals surface area contributed by atoms with Crippen LogP contribution in [0.1, 0.15) is 37.9 Å². The number of rotatable bonds is 1. The average molecular weight is 330 g/mol. The number of ether oxygens (including phenoxy) is 1. The van der Waals surface area contributed by atoms with Crippen LogP contribution in [-0.4, -0.2) is 36.2 Å². The van der Waals surface area contributed by atoms with Crippen molar-refractivity contribution in [2.75, 3.05) is 19.6 Å². The quantitative estimate of drug-likeness (QED) is 0.856. The van der Waals surface area contributed by atoms with Gasteiger partial charge in [-0.15, -0.1) is 0 Å². The van der Waals surface area contributed by atoms with Gasteiger partial charge in [0.1, 0.15) is 5.60 Å². The van der Waals surface area contributed by atoms with Gasteiger partial charge in [-0.3, -0.25) is 0 Å². The van der Waals surface area contributed by atoms with Gasteiger partial charge in [0.05, 0.1) is 11.6 Å². The van der Waals surface area contributed by atoms with Gasteiger partial charge in [-0.25, -0.2) is 4.79 Å². The van der Waals surface area contributed by atoms with E-state index < -0.39 is 23.4 Å². The zero-order valence-electron chi connectivity index (χ0n) is 13.4. The van der Waals surface area contributed by atoms with Crippen LogP contribution in [-0.2, 0) is 10.9 Å². The summed E-state index contributed by atoms with van der Waals surface area (Å²) in [6.45, 7) is 6.80. The number of alkyl halides is 3. The van der Waals surface area contributed by atoms with Crippen molar-refractivity contribution in [2.24, 2.45) is 0 Å². The lowest BCUT2D eigenvalue weighted by Gasteiger charge is -2.35. The molecule has 0 spiro atoms. The summed E-state index contributed by atoms with van der Waals surface area (Å²) >= 11 is 0. The van der Waals surface area contributed by atoms with Crippen LogP contribution in [0.5, 0.6) is 0 Å². The Morgan fingerprint density at radius 2 is 1.83 bits per heavy atom. The van der Waals surface area contributed by atoms with Crippen LogP contribution >= 0.6 is 0 Å². The standard InChI is InChI=1S/C16H21F3N2O2/c1-15(2,3)23-14(22)21-9-8-20-13(10-21)11-4-6-12(7-5-11)16(17,18)19/h4-7,13,20H,8-10H2,1-3H3/t13-/m0/s1. The predicted molar refractivity (Wildman–Crippen MR) is 80.0 cm³/mol. The first-order valence-corrected chi connectivity index (χ1v) is 7.45. The molecule has 1 heterocycles. The maximum atomic E-state index is 12.6. The minimum atomic E-state index is -4.35. The number of piperazine rings is 1. The second-order valence-electron chi connectivity index (χ2n) is 6.55. The molecule has 1 fully saturated rings. The van der Waals surface area contributed by atoms with Crippen LogP contribution in [0, 0.1) is 0 Å². The molecule has 1 aliphatic rings. The third-order valence-corrected chi connectivity index (χ3v) is 3.47. The molecule has 2 rings (SSSR count). The molecule has 0 bridgehead atoms. The molecule has 0 unspecified atom stereocenters. The van der Waals surface area contributed by atoms with E-state index in [2.05, 4.69) is 5.32 Å². The van der Waals surface area contributed by atoms with Crippen molar-refractivity contribution in [2.45, 2.75) is 38.6 Å². The molecule has 1 aromatic rings. The second kappa shape index (κ2) is 6.39. The fraction of sp³-hybridized carbons (Fsp3) is 0.562. The number of hydrogen-bond donors (Lipinski definition) is 1. The van der Waals surface area contributed by atoms with Crippen molar-refractivity contribution in [1.29, 1.82) is 0 Å². The number of halogens is 3. The Morgan fingerprint density at radius 1 is 1.22 bits per heavy atom. The van der Waals surface area contributed by atoms with Gasteiger partial charge < -0.3 is 15.0 Å². The summed E-state index contributed by atoms with van der Waals surface area (Å²) < 4.78 is 43.1. The van der Waals surface area contributed by atoms with E-state index in [0.29, 0.717) is 25.2 Å². The summed E-state index contributed by atoms with van der Waals surface area (Å²) in [5, 5.41) is 3.21. The molecule has 0 aliphatic carbocycles. The highest BCUT2D eigenvalue weighted by Gasteiger charge is 2.31. The van der Waals surface area contributed by atoms with E-state index in [1.807, 2.05) is 0 Å². The number of nitrogens with one attached hydrogen (secondary N) is 1. The first-order valence-electron chi connectivity index (χ1n) is 7.45. The van der Waals surface area contributed by atoms with Crippen molar-refractivity contribution in [3.8, 4) is 0 Å². The summed E-state index contributed by atoms with van der Waals surface area (Å²) in [5.74, 6) is 0. The Labute approximate surface area is 133 Å². The van der Waals surface area contributed by atoms with Crippen LogP contribution in [0.4, 0.5) is 18.0 Å². The van der Waals surface area contributed by atoms with Gasteiger partial charge in [-0.1, -0.05) is 12.1 Å². The van der Waals surface area contributed by atoms with E-state index in [9.17, 15) is 18.0 Å². The largest absolute Gasteiger partial charge is 0.444 e. The zero-order chi connectivity index (χ0) is 17.3. The van der Waals surface area contributed by atoms with Crippen LogP contribution in [0.15, 0.2) is 24.3 Å². The number of amides is 1. The van der Waals surface area contributed by atoms with Crippen molar-refractivity contribution < 1.29 is 22.7 Å². The zero-order valence-corrected chi connectivity index (χ0v) is 13.4. The number of nitrogens with zero attached hydrogens (tertiary/aromatic N) is 1. The second-order valence-corrected chi connectivity index (χ2v) is 6.55. The van der Waals surface area contributed by atoms with Crippen molar-refractivity contribution >= 4 is 6.09 Å². The summed E-state index contributed by atoms with van der Waals surface area (Å²) in [5.41, 5.74) is -0.543. The Hall–Kier alpha value is -1.76. The lowest BCUT2D eigenvalue weighted by atomic mass is 10.0. The molecule has 1 amide bonds. The normalized spacial score (nSPS) is 19.6. The Balaban J connectivity index is 2.05. The molecule has 1 aliphatic heterocycles. The van der Waals surface area contributed by atoms with Gasteiger partial charge in [-0.2, -0.15) is 13.2 Å². The molecule has 1 saturated heterocycles. The highest BCUT2D eigenvalue weighted by atomic mass is 19.4. The third-order valence-electron chi connectivity index (χ3n) is 3.47.